The van der Waals surface area contributed by atoms with Crippen molar-refractivity contribution in [1.82, 2.24) is 20.2 Å². The molecule has 1 amide bonds. The van der Waals surface area contributed by atoms with Crippen molar-refractivity contribution in [2.45, 2.75) is 79.7 Å². The highest BCUT2D eigenvalue weighted by molar-refractivity contribution is 6.33. The number of aromatic amines is 2. The number of aryl methyl sites for hydroxylation is 1. The molecule has 376 valence electrons. The van der Waals surface area contributed by atoms with Crippen molar-refractivity contribution >= 4 is 45.0 Å². The summed E-state index contributed by atoms with van der Waals surface area (Å²) in [5.74, 6) is -1.79. The highest BCUT2D eigenvalue weighted by Gasteiger charge is 2.38. The number of ether oxygens (including phenoxy) is 2. The van der Waals surface area contributed by atoms with Crippen molar-refractivity contribution in [2.24, 2.45) is 5.92 Å². The van der Waals surface area contributed by atoms with Crippen LogP contribution in [0.3, 0.4) is 0 Å². The van der Waals surface area contributed by atoms with Gasteiger partial charge in [0.05, 0.1) is 27.5 Å². The number of fused-ring (bicyclic) bond motifs is 2. The third-order valence-corrected chi connectivity index (χ3v) is 12.0. The fraction of sp³-hybridized carbons (Fsp3) is 0.296. The van der Waals surface area contributed by atoms with Crippen LogP contribution in [0, 0.1) is 18.7 Å². The molecule has 1 unspecified atom stereocenters. The number of likely N-dealkylation sites (tertiary alicyclic amines) is 1. The van der Waals surface area contributed by atoms with Gasteiger partial charge in [-0.05, 0) is 161 Å². The molecule has 3 heterocycles. The van der Waals surface area contributed by atoms with Crippen molar-refractivity contribution < 1.29 is 46.1 Å². The first-order valence-corrected chi connectivity index (χ1v) is 23.1. The summed E-state index contributed by atoms with van der Waals surface area (Å²) in [7, 11) is 0. The predicted molar refractivity (Wildman–Crippen MR) is 269 cm³/mol. The molecule has 17 heteroatoms. The number of piperidine rings is 1. The van der Waals surface area contributed by atoms with Gasteiger partial charge >= 0.3 is 12.1 Å². The molecule has 1 aliphatic rings. The number of carbonyl (C=O) groups excluding carboxylic acids is 1. The molecule has 0 spiro atoms. The van der Waals surface area contributed by atoms with Crippen molar-refractivity contribution in [3.05, 3.63) is 164 Å². The van der Waals surface area contributed by atoms with Crippen molar-refractivity contribution in [1.29, 1.82) is 0 Å². The van der Waals surface area contributed by atoms with Crippen molar-refractivity contribution in [2.75, 3.05) is 19.6 Å². The topological polar surface area (TPSA) is 154 Å². The van der Waals surface area contributed by atoms with Gasteiger partial charge in [0.1, 0.15) is 17.3 Å². The molecule has 4 aromatic carbocycles. The number of pyridine rings is 2. The highest BCUT2D eigenvalue weighted by Crippen LogP contribution is 2.35. The Hall–Kier alpha value is -7.20. The first kappa shape index (κ1) is 54.7. The molecule has 11 nitrogen and oxygen atoms in total. The Labute approximate surface area is 412 Å². The summed E-state index contributed by atoms with van der Waals surface area (Å²) in [5.41, 5.74) is 5.46. The number of aliphatic carboxylic acids is 1. The van der Waals surface area contributed by atoms with Crippen LogP contribution in [-0.2, 0) is 9.59 Å². The standard InChI is InChI=1S/C24H22ClFN2O5.C19H16F3NO2.C11H18FN/c1-13(23(30)28-8-6-14(7-9-28)24(31)32)33-16-3-5-17-19(11-16)22(29)27-12-20(17)18-4-2-15(26)10-21(18)25;1-11-5-3-4-6-14(11)17-10-23-18(24)16-9-13(7-8-15(16)17)25-12(2)19(20,21)22;1-5-13-8-10(3)9(2)6-7-11(4)12/h2-5,10-14H,6-9H2,1H3,(H,27,29)(H,31,32);3-10,12H,1-2H3,(H,23,24);6-8,13H,5H2,1-4H3/b;;9-6+,10-8+,11-7+/t13-;;/m1../s1. The number of benzene rings is 4. The summed E-state index contributed by atoms with van der Waals surface area (Å²) < 4.78 is 74.6. The molecule has 71 heavy (non-hydrogen) atoms. The van der Waals surface area contributed by atoms with Gasteiger partial charge in [-0.1, -0.05) is 41.9 Å². The average Bonchev–Trinajstić information content (AvgIpc) is 3.33. The molecule has 1 saturated heterocycles. The van der Waals surface area contributed by atoms with Gasteiger partial charge in [-0.2, -0.15) is 13.2 Å². The number of nitrogens with one attached hydrogen (secondary N) is 3. The van der Waals surface area contributed by atoms with Crippen molar-refractivity contribution in [3.63, 3.8) is 0 Å². The summed E-state index contributed by atoms with van der Waals surface area (Å²) in [5, 5.41) is 14.3. The van der Waals surface area contributed by atoms with E-state index in [1.165, 1.54) is 43.5 Å². The molecule has 0 aliphatic carbocycles. The molecule has 0 bridgehead atoms. The minimum absolute atomic E-state index is 0.00441. The van der Waals surface area contributed by atoms with Gasteiger partial charge in [-0.3, -0.25) is 19.2 Å². The van der Waals surface area contributed by atoms with Gasteiger partial charge < -0.3 is 34.8 Å². The fourth-order valence-electron chi connectivity index (χ4n) is 7.52. The number of aromatic nitrogens is 2. The zero-order valence-electron chi connectivity index (χ0n) is 40.3. The summed E-state index contributed by atoms with van der Waals surface area (Å²) in [6.07, 6.45) is 1.92. The Kier molecular flexibility index (Phi) is 18.9. The van der Waals surface area contributed by atoms with Crippen LogP contribution < -0.4 is 25.9 Å². The van der Waals surface area contributed by atoms with Gasteiger partial charge in [0.15, 0.2) is 12.2 Å². The van der Waals surface area contributed by atoms with Crippen LogP contribution in [0.2, 0.25) is 5.02 Å². The van der Waals surface area contributed by atoms with Gasteiger partial charge in [0.25, 0.3) is 17.0 Å². The van der Waals surface area contributed by atoms with E-state index in [9.17, 15) is 41.1 Å². The maximum Gasteiger partial charge on any atom is 0.425 e. The summed E-state index contributed by atoms with van der Waals surface area (Å²) >= 11 is 6.21. The normalized spacial score (nSPS) is 14.4. The van der Waals surface area contributed by atoms with Crippen LogP contribution in [0.25, 0.3) is 43.8 Å². The molecule has 4 N–H and O–H groups in total. The Morgan fingerprint density at radius 1 is 0.803 bits per heavy atom. The zero-order valence-corrected chi connectivity index (χ0v) is 41.0. The number of hydrogen-bond donors (Lipinski definition) is 4. The third kappa shape index (κ3) is 14.7. The molecule has 1 fully saturated rings. The van der Waals surface area contributed by atoms with E-state index in [0.29, 0.717) is 59.0 Å². The number of carboxylic acids is 1. The maximum absolute atomic E-state index is 13.5. The van der Waals surface area contributed by atoms with Gasteiger partial charge in [-0.15, -0.1) is 0 Å². The first-order chi connectivity index (χ1) is 33.6. The molecular weight excluding hydrogens is 947 g/mol. The molecule has 1 aliphatic heterocycles. The molecule has 2 atom stereocenters. The molecule has 2 aromatic heterocycles. The number of carbonyl (C=O) groups is 2. The summed E-state index contributed by atoms with van der Waals surface area (Å²) in [6.45, 7) is 13.6. The summed E-state index contributed by atoms with van der Waals surface area (Å²) in [4.78, 5) is 55.4. The van der Waals surface area contributed by atoms with Gasteiger partial charge in [-0.25, -0.2) is 8.78 Å². The number of amides is 1. The SMILES string of the molecule is CCN/C=C(C)/C(C)=C/C=C(\C)F.C[C@@H](Oc1ccc2c(-c3ccc(F)cc3Cl)c[nH]c(=O)c2c1)C(=O)N1CCC(C(=O)O)CC1.Cc1ccccc1-c1c[nH]c(=O)c2cc(OC(C)C(F)(F)F)ccc12. The van der Waals surface area contributed by atoms with E-state index in [1.807, 2.05) is 58.2 Å². The third-order valence-electron chi connectivity index (χ3n) is 11.7. The number of H-pyrrole nitrogens is 2. The van der Waals surface area contributed by atoms with Crippen LogP contribution in [0.15, 0.2) is 136 Å². The number of hydrogen-bond acceptors (Lipinski definition) is 7. The maximum atomic E-state index is 13.5. The molecule has 7 rings (SSSR count). The lowest BCUT2D eigenvalue weighted by atomic mass is 9.97. The minimum Gasteiger partial charge on any atom is -0.481 e. The molecule has 0 radical (unpaired) electrons. The molecule has 6 aromatic rings. The largest absolute Gasteiger partial charge is 0.481 e. The van der Waals surface area contributed by atoms with E-state index in [4.69, 9.17) is 26.2 Å². The first-order valence-electron chi connectivity index (χ1n) is 22.7. The number of halogens is 6. The number of carboxylic acid groups (broad SMARTS) is 1. The van der Waals surface area contributed by atoms with Crippen LogP contribution in [0.4, 0.5) is 22.0 Å². The van der Waals surface area contributed by atoms with Crippen LogP contribution in [0.1, 0.15) is 59.9 Å². The van der Waals surface area contributed by atoms with Crippen LogP contribution >= 0.6 is 11.6 Å². The van der Waals surface area contributed by atoms with Crippen LogP contribution in [-0.4, -0.2) is 69.9 Å². The highest BCUT2D eigenvalue weighted by atomic mass is 35.5. The van der Waals surface area contributed by atoms with E-state index in [1.54, 1.807) is 54.4 Å². The lowest BCUT2D eigenvalue weighted by molar-refractivity contribution is -0.189. The molecular formula is C54H56ClF5N4O7. The minimum atomic E-state index is -4.47. The van der Waals surface area contributed by atoms with E-state index < -0.39 is 36.1 Å². The smallest absolute Gasteiger partial charge is 0.425 e. The molecule has 0 saturated carbocycles. The Bertz CT molecular complexity index is 3080. The van der Waals surface area contributed by atoms with E-state index in [2.05, 4.69) is 15.3 Å². The second kappa shape index (κ2) is 24.6. The Morgan fingerprint density at radius 2 is 1.37 bits per heavy atom. The monoisotopic (exact) mass is 1000 g/mol. The number of alkyl halides is 3. The summed E-state index contributed by atoms with van der Waals surface area (Å²) in [6, 6.07) is 21.0. The Morgan fingerprint density at radius 3 is 1.89 bits per heavy atom. The number of nitrogens with zero attached hydrogens (tertiary/aromatic N) is 1. The number of rotatable bonds is 12. The van der Waals surface area contributed by atoms with Gasteiger partial charge in [0, 0.05) is 48.7 Å². The predicted octanol–water partition coefficient (Wildman–Crippen LogP) is 12.2. The van der Waals surface area contributed by atoms with E-state index in [-0.39, 0.29) is 39.0 Å². The zero-order chi connectivity index (χ0) is 52.2. The van der Waals surface area contributed by atoms with Crippen LogP contribution in [0.5, 0.6) is 11.5 Å². The van der Waals surface area contributed by atoms with E-state index in [0.717, 1.165) is 41.3 Å². The van der Waals surface area contributed by atoms with Crippen molar-refractivity contribution in [3.8, 4) is 33.8 Å². The number of allylic oxidation sites excluding steroid dienone is 5. The fourth-order valence-corrected chi connectivity index (χ4v) is 7.79. The quantitative estimate of drug-likeness (QED) is 0.0698. The second-order valence-electron chi connectivity index (χ2n) is 16.9. The Balaban J connectivity index is 0.000000218. The average molecular weight is 1000 g/mol. The lowest BCUT2D eigenvalue weighted by Gasteiger charge is -2.32. The van der Waals surface area contributed by atoms with Gasteiger partial charge in [0.2, 0.25) is 0 Å². The van der Waals surface area contributed by atoms with E-state index >= 15 is 0 Å². The lowest BCUT2D eigenvalue weighted by Crippen LogP contribution is -2.45. The second-order valence-corrected chi connectivity index (χ2v) is 17.3.